The molecule has 0 spiro atoms. The van der Waals surface area contributed by atoms with E-state index in [9.17, 15) is 5.11 Å². The molecule has 2 atom stereocenters. The zero-order chi connectivity index (χ0) is 15.2. The van der Waals surface area contributed by atoms with Crippen molar-refractivity contribution in [3.05, 3.63) is 24.3 Å². The van der Waals surface area contributed by atoms with Crippen molar-refractivity contribution >= 4 is 5.69 Å². The molecule has 1 aliphatic heterocycles. The Morgan fingerprint density at radius 3 is 2.95 bits per heavy atom. The van der Waals surface area contributed by atoms with Crippen molar-refractivity contribution in [2.45, 2.75) is 25.0 Å². The molecule has 5 heteroatoms. The molecule has 1 heterocycles. The minimum absolute atomic E-state index is 0.265. The SMILES string of the molecule is CN1CCCC(N(C)CC(O)COc2ccccc2N)C1. The molecule has 1 aliphatic rings. The maximum Gasteiger partial charge on any atom is 0.142 e. The van der Waals surface area contributed by atoms with Crippen molar-refractivity contribution in [2.24, 2.45) is 0 Å². The summed E-state index contributed by atoms with van der Waals surface area (Å²) < 4.78 is 5.60. The van der Waals surface area contributed by atoms with Crippen LogP contribution in [-0.2, 0) is 0 Å². The number of nitrogen functional groups attached to an aromatic ring is 1. The first kappa shape index (κ1) is 16.1. The summed E-state index contributed by atoms with van der Waals surface area (Å²) in [5.41, 5.74) is 6.42. The van der Waals surface area contributed by atoms with Crippen molar-refractivity contribution in [1.29, 1.82) is 0 Å². The fourth-order valence-corrected chi connectivity index (χ4v) is 2.83. The lowest BCUT2D eigenvalue weighted by Crippen LogP contribution is -2.47. The number of anilines is 1. The Labute approximate surface area is 127 Å². The van der Waals surface area contributed by atoms with Crippen LogP contribution in [0.1, 0.15) is 12.8 Å². The molecule has 0 radical (unpaired) electrons. The van der Waals surface area contributed by atoms with Crippen LogP contribution in [0, 0.1) is 0 Å². The summed E-state index contributed by atoms with van der Waals surface area (Å²) in [6.07, 6.45) is 1.90. The highest BCUT2D eigenvalue weighted by Gasteiger charge is 2.22. The van der Waals surface area contributed by atoms with Gasteiger partial charge >= 0.3 is 0 Å². The Balaban J connectivity index is 1.76. The molecule has 21 heavy (non-hydrogen) atoms. The highest BCUT2D eigenvalue weighted by atomic mass is 16.5. The van der Waals surface area contributed by atoms with E-state index in [0.717, 1.165) is 6.54 Å². The molecule has 0 amide bonds. The Morgan fingerprint density at radius 1 is 1.48 bits per heavy atom. The number of hydrogen-bond donors (Lipinski definition) is 2. The first-order valence-electron chi connectivity index (χ1n) is 7.60. The van der Waals surface area contributed by atoms with E-state index in [0.29, 0.717) is 24.0 Å². The van der Waals surface area contributed by atoms with Crippen molar-refractivity contribution in [1.82, 2.24) is 9.80 Å². The van der Waals surface area contributed by atoms with Gasteiger partial charge in [0.15, 0.2) is 0 Å². The third kappa shape index (κ3) is 4.88. The van der Waals surface area contributed by atoms with Gasteiger partial charge in [-0.3, -0.25) is 4.90 Å². The van der Waals surface area contributed by atoms with Gasteiger partial charge in [-0.05, 0) is 45.6 Å². The molecule has 0 bridgehead atoms. The summed E-state index contributed by atoms with van der Waals surface area (Å²) in [5, 5.41) is 10.1. The number of aliphatic hydroxyl groups is 1. The van der Waals surface area contributed by atoms with E-state index in [4.69, 9.17) is 10.5 Å². The largest absolute Gasteiger partial charge is 0.489 e. The topological polar surface area (TPSA) is 62.0 Å². The monoisotopic (exact) mass is 293 g/mol. The molecule has 0 aromatic heterocycles. The lowest BCUT2D eigenvalue weighted by molar-refractivity contribution is 0.0473. The summed E-state index contributed by atoms with van der Waals surface area (Å²) in [4.78, 5) is 4.58. The number of para-hydroxylation sites is 2. The van der Waals surface area contributed by atoms with Gasteiger partial charge in [-0.2, -0.15) is 0 Å². The normalized spacial score (nSPS) is 21.4. The van der Waals surface area contributed by atoms with Gasteiger partial charge in [0.1, 0.15) is 18.5 Å². The highest BCUT2D eigenvalue weighted by molar-refractivity contribution is 5.51. The van der Waals surface area contributed by atoms with Gasteiger partial charge in [-0.1, -0.05) is 12.1 Å². The van der Waals surface area contributed by atoms with Crippen molar-refractivity contribution in [3.63, 3.8) is 0 Å². The van der Waals surface area contributed by atoms with Crippen molar-refractivity contribution < 1.29 is 9.84 Å². The summed E-state index contributed by atoms with van der Waals surface area (Å²) in [6.45, 7) is 3.12. The Hall–Kier alpha value is -1.30. The summed E-state index contributed by atoms with van der Waals surface area (Å²) in [5.74, 6) is 0.636. The molecule has 1 aromatic rings. The zero-order valence-corrected chi connectivity index (χ0v) is 13.0. The number of piperidine rings is 1. The number of likely N-dealkylation sites (tertiary alicyclic amines) is 1. The number of hydrogen-bond acceptors (Lipinski definition) is 5. The van der Waals surface area contributed by atoms with Gasteiger partial charge in [0.05, 0.1) is 5.69 Å². The van der Waals surface area contributed by atoms with Crippen molar-refractivity contribution in [2.75, 3.05) is 46.1 Å². The first-order chi connectivity index (χ1) is 10.1. The Kier molecular flexibility index (Phi) is 5.85. The molecule has 1 fully saturated rings. The third-order valence-corrected chi connectivity index (χ3v) is 4.07. The van der Waals surface area contributed by atoms with E-state index >= 15 is 0 Å². The van der Waals surface area contributed by atoms with Gasteiger partial charge in [0.25, 0.3) is 0 Å². The maximum absolute atomic E-state index is 10.1. The van der Waals surface area contributed by atoms with Crippen LogP contribution < -0.4 is 10.5 Å². The molecule has 0 aliphatic carbocycles. The van der Waals surface area contributed by atoms with E-state index < -0.39 is 6.10 Å². The second-order valence-corrected chi connectivity index (χ2v) is 6.00. The minimum Gasteiger partial charge on any atom is -0.489 e. The van der Waals surface area contributed by atoms with Gasteiger partial charge in [-0.25, -0.2) is 0 Å². The molecule has 1 aromatic carbocycles. The first-order valence-corrected chi connectivity index (χ1v) is 7.60. The van der Waals surface area contributed by atoms with Crippen LogP contribution in [-0.4, -0.2) is 67.4 Å². The van der Waals surface area contributed by atoms with Gasteiger partial charge in [0, 0.05) is 19.1 Å². The minimum atomic E-state index is -0.512. The number of benzene rings is 1. The van der Waals surface area contributed by atoms with Crippen LogP contribution in [0.5, 0.6) is 5.75 Å². The van der Waals surface area contributed by atoms with E-state index in [1.54, 1.807) is 6.07 Å². The van der Waals surface area contributed by atoms with Gasteiger partial charge < -0.3 is 20.5 Å². The van der Waals surface area contributed by atoms with E-state index in [1.165, 1.54) is 19.4 Å². The number of ether oxygens (including phenoxy) is 1. The molecule has 1 saturated heterocycles. The Morgan fingerprint density at radius 2 is 2.24 bits per heavy atom. The van der Waals surface area contributed by atoms with Crippen LogP contribution >= 0.6 is 0 Å². The number of nitrogens with zero attached hydrogens (tertiary/aromatic N) is 2. The maximum atomic E-state index is 10.1. The zero-order valence-electron chi connectivity index (χ0n) is 13.0. The van der Waals surface area contributed by atoms with Gasteiger partial charge in [0.2, 0.25) is 0 Å². The third-order valence-electron chi connectivity index (χ3n) is 4.07. The fourth-order valence-electron chi connectivity index (χ4n) is 2.83. The number of likely N-dealkylation sites (N-methyl/N-ethyl adjacent to an activating group) is 2. The standard InChI is InChI=1S/C16H27N3O2/c1-18-9-5-6-13(10-18)19(2)11-14(20)12-21-16-8-4-3-7-15(16)17/h3-4,7-8,13-14,20H,5-6,9-12,17H2,1-2H3. The molecule has 3 N–H and O–H groups in total. The number of nitrogens with two attached hydrogens (primary N) is 1. The molecule has 2 unspecified atom stereocenters. The second-order valence-electron chi connectivity index (χ2n) is 6.00. The van der Waals surface area contributed by atoms with Crippen LogP contribution in [0.4, 0.5) is 5.69 Å². The average Bonchev–Trinajstić information content (AvgIpc) is 2.46. The number of rotatable bonds is 6. The fraction of sp³-hybridized carbons (Fsp3) is 0.625. The summed E-state index contributed by atoms with van der Waals surface area (Å²) in [7, 11) is 4.22. The number of aliphatic hydroxyl groups excluding tert-OH is 1. The molecule has 2 rings (SSSR count). The van der Waals surface area contributed by atoms with E-state index in [2.05, 4.69) is 23.9 Å². The lowest BCUT2D eigenvalue weighted by Gasteiger charge is -2.36. The van der Waals surface area contributed by atoms with Crippen LogP contribution in [0.3, 0.4) is 0 Å². The van der Waals surface area contributed by atoms with Crippen LogP contribution in [0.2, 0.25) is 0 Å². The van der Waals surface area contributed by atoms with Crippen LogP contribution in [0.25, 0.3) is 0 Å². The molecular formula is C16H27N3O2. The van der Waals surface area contributed by atoms with Gasteiger partial charge in [-0.15, -0.1) is 0 Å². The quantitative estimate of drug-likeness (QED) is 0.767. The Bertz CT molecular complexity index is 441. The summed E-state index contributed by atoms with van der Waals surface area (Å²) in [6, 6.07) is 7.88. The highest BCUT2D eigenvalue weighted by Crippen LogP contribution is 2.20. The predicted octanol–water partition coefficient (Wildman–Crippen LogP) is 1.03. The molecule has 118 valence electrons. The smallest absolute Gasteiger partial charge is 0.142 e. The van der Waals surface area contributed by atoms with E-state index in [1.807, 2.05) is 18.2 Å². The molecular weight excluding hydrogens is 266 g/mol. The summed E-state index contributed by atoms with van der Waals surface area (Å²) >= 11 is 0. The molecule has 5 nitrogen and oxygen atoms in total. The van der Waals surface area contributed by atoms with Crippen molar-refractivity contribution in [3.8, 4) is 5.75 Å². The average molecular weight is 293 g/mol. The predicted molar refractivity (Wildman–Crippen MR) is 85.5 cm³/mol. The lowest BCUT2D eigenvalue weighted by atomic mass is 10.0. The van der Waals surface area contributed by atoms with E-state index in [-0.39, 0.29) is 6.61 Å². The second kappa shape index (κ2) is 7.64. The molecule has 0 saturated carbocycles. The van der Waals surface area contributed by atoms with Crippen LogP contribution in [0.15, 0.2) is 24.3 Å².